The highest BCUT2D eigenvalue weighted by Gasteiger charge is 2.17. The number of aromatic nitrogens is 4. The molecular formula is C17H10N4O7. The molecule has 140 valence electrons. The molecule has 0 fully saturated rings. The molecule has 0 aliphatic carbocycles. The Bertz CT molecular complexity index is 1360. The molecule has 0 unspecified atom stereocenters. The quantitative estimate of drug-likeness (QED) is 0.439. The summed E-state index contributed by atoms with van der Waals surface area (Å²) in [7, 11) is 0. The molecule has 11 heteroatoms. The van der Waals surface area contributed by atoms with Crippen molar-refractivity contribution < 1.29 is 14.5 Å². The fourth-order valence-corrected chi connectivity index (χ4v) is 2.61. The second kappa shape index (κ2) is 6.39. The molecule has 28 heavy (non-hydrogen) atoms. The number of carbonyl (C=O) groups is 1. The second-order valence-corrected chi connectivity index (χ2v) is 5.57. The molecule has 0 radical (unpaired) electrons. The van der Waals surface area contributed by atoms with Gasteiger partial charge in [-0.25, -0.2) is 0 Å². The van der Waals surface area contributed by atoms with E-state index in [0.717, 1.165) is 0 Å². The van der Waals surface area contributed by atoms with Crippen molar-refractivity contribution in [1.82, 2.24) is 19.4 Å². The minimum Gasteiger partial charge on any atom is -0.316 e. The maximum absolute atomic E-state index is 12.2. The molecule has 0 saturated carbocycles. The number of H-pyrrole nitrogens is 2. The van der Waals surface area contributed by atoms with Crippen LogP contribution >= 0.6 is 0 Å². The minimum atomic E-state index is -1.50. The first-order valence-corrected chi connectivity index (χ1v) is 7.84. The van der Waals surface area contributed by atoms with Gasteiger partial charge in [0.2, 0.25) is 0 Å². The lowest BCUT2D eigenvalue weighted by molar-refractivity contribution is 0.0419. The summed E-state index contributed by atoms with van der Waals surface area (Å²) >= 11 is 0. The lowest BCUT2D eigenvalue weighted by atomic mass is 10.3. The number of para-hydroxylation sites is 4. The van der Waals surface area contributed by atoms with Crippen molar-refractivity contribution in [1.29, 1.82) is 0 Å². The molecule has 0 aliphatic heterocycles. The number of hydrogen-bond donors (Lipinski definition) is 2. The Hall–Kier alpha value is -4.41. The number of carbonyl (C=O) groups excluding carboxylic acids is 1. The van der Waals surface area contributed by atoms with Gasteiger partial charge in [0.15, 0.2) is 0 Å². The standard InChI is InChI=1S/C17H10N4O7/c22-13-15(24)20(11-7-3-1-5-9(11)18-13)27-17(26)28-21-12-8-4-2-6-10(12)19-14(23)16(21)25/h1-8H,(H,18,22)(H,19,23). The molecule has 0 saturated heterocycles. The van der Waals surface area contributed by atoms with Gasteiger partial charge in [0.05, 0.1) is 11.0 Å². The minimum absolute atomic E-state index is 0.0900. The Kier molecular flexibility index (Phi) is 3.89. The summed E-state index contributed by atoms with van der Waals surface area (Å²) in [5, 5.41) is 0. The highest BCUT2D eigenvalue weighted by Crippen LogP contribution is 2.07. The van der Waals surface area contributed by atoms with Crippen LogP contribution in [-0.2, 0) is 0 Å². The van der Waals surface area contributed by atoms with Crippen molar-refractivity contribution in [2.75, 3.05) is 0 Å². The normalized spacial score (nSPS) is 10.9. The SMILES string of the molecule is O=C(On1c(=O)c(=O)[nH]c2ccccc21)On1c(=O)c(=O)[nH]c2ccccc21. The maximum Gasteiger partial charge on any atom is 0.559 e. The van der Waals surface area contributed by atoms with Crippen molar-refractivity contribution in [3.05, 3.63) is 89.9 Å². The lowest BCUT2D eigenvalue weighted by Gasteiger charge is -2.11. The number of hydrogen-bond acceptors (Lipinski definition) is 7. The summed E-state index contributed by atoms with van der Waals surface area (Å²) in [4.78, 5) is 74.2. The summed E-state index contributed by atoms with van der Waals surface area (Å²) in [5.74, 6) is 0. The Morgan fingerprint density at radius 2 is 1.07 bits per heavy atom. The first-order valence-electron chi connectivity index (χ1n) is 7.84. The average Bonchev–Trinajstić information content (AvgIpc) is 2.69. The van der Waals surface area contributed by atoms with Gasteiger partial charge in [0, 0.05) is 0 Å². The van der Waals surface area contributed by atoms with Gasteiger partial charge in [-0.15, -0.1) is 9.46 Å². The van der Waals surface area contributed by atoms with Crippen LogP contribution in [0.25, 0.3) is 22.1 Å². The molecule has 2 aromatic carbocycles. The van der Waals surface area contributed by atoms with Gasteiger partial charge < -0.3 is 9.97 Å². The largest absolute Gasteiger partial charge is 0.559 e. The Balaban J connectivity index is 1.78. The molecule has 4 rings (SSSR count). The van der Waals surface area contributed by atoms with Crippen LogP contribution < -0.4 is 31.9 Å². The highest BCUT2D eigenvalue weighted by molar-refractivity contribution is 5.76. The highest BCUT2D eigenvalue weighted by atomic mass is 16.9. The number of aromatic amines is 2. The monoisotopic (exact) mass is 382 g/mol. The van der Waals surface area contributed by atoms with Crippen LogP contribution in [0.3, 0.4) is 0 Å². The Morgan fingerprint density at radius 3 is 1.50 bits per heavy atom. The molecule has 2 N–H and O–H groups in total. The fourth-order valence-electron chi connectivity index (χ4n) is 2.61. The van der Waals surface area contributed by atoms with E-state index in [-0.39, 0.29) is 22.1 Å². The number of nitrogens with one attached hydrogen (secondary N) is 2. The van der Waals surface area contributed by atoms with Crippen LogP contribution in [0.1, 0.15) is 0 Å². The van der Waals surface area contributed by atoms with Crippen molar-refractivity contribution in [2.45, 2.75) is 0 Å². The maximum atomic E-state index is 12.2. The third-order valence-corrected chi connectivity index (χ3v) is 3.83. The molecular weight excluding hydrogens is 372 g/mol. The van der Waals surface area contributed by atoms with E-state index in [2.05, 4.69) is 9.97 Å². The third kappa shape index (κ3) is 2.76. The molecule has 0 bridgehead atoms. The first kappa shape index (κ1) is 17.0. The van der Waals surface area contributed by atoms with Crippen LogP contribution in [-0.4, -0.2) is 25.6 Å². The zero-order valence-corrected chi connectivity index (χ0v) is 13.9. The predicted molar refractivity (Wildman–Crippen MR) is 96.2 cm³/mol. The number of fused-ring (bicyclic) bond motifs is 2. The van der Waals surface area contributed by atoms with Gasteiger partial charge in [-0.3, -0.25) is 28.9 Å². The summed E-state index contributed by atoms with van der Waals surface area (Å²) in [6.07, 6.45) is -1.50. The molecule has 0 spiro atoms. The zero-order valence-electron chi connectivity index (χ0n) is 13.9. The summed E-state index contributed by atoms with van der Waals surface area (Å²) in [5.41, 5.74) is -3.73. The van der Waals surface area contributed by atoms with E-state index in [1.807, 2.05) is 0 Å². The number of nitrogens with zero attached hydrogens (tertiary/aromatic N) is 2. The molecule has 0 atom stereocenters. The van der Waals surface area contributed by atoms with E-state index in [0.29, 0.717) is 9.46 Å². The molecule has 11 nitrogen and oxygen atoms in total. The summed E-state index contributed by atoms with van der Waals surface area (Å²) in [6, 6.07) is 12.2. The van der Waals surface area contributed by atoms with Crippen LogP contribution in [0.4, 0.5) is 4.79 Å². The predicted octanol–water partition coefficient (Wildman–Crippen LogP) is -0.630. The van der Waals surface area contributed by atoms with E-state index in [1.165, 1.54) is 24.3 Å². The van der Waals surface area contributed by atoms with Gasteiger partial charge in [-0.05, 0) is 24.3 Å². The average molecular weight is 382 g/mol. The van der Waals surface area contributed by atoms with Crippen molar-refractivity contribution >= 4 is 28.2 Å². The van der Waals surface area contributed by atoms with Crippen LogP contribution in [0.5, 0.6) is 0 Å². The van der Waals surface area contributed by atoms with Crippen LogP contribution in [0.15, 0.2) is 67.7 Å². The van der Waals surface area contributed by atoms with Gasteiger partial charge in [0.1, 0.15) is 11.0 Å². The van der Waals surface area contributed by atoms with Gasteiger partial charge in [-0.1, -0.05) is 24.3 Å². The third-order valence-electron chi connectivity index (χ3n) is 3.83. The number of rotatable bonds is 2. The van der Waals surface area contributed by atoms with E-state index < -0.39 is 28.4 Å². The van der Waals surface area contributed by atoms with Crippen LogP contribution in [0, 0.1) is 0 Å². The van der Waals surface area contributed by atoms with Gasteiger partial charge in [-0.2, -0.15) is 4.79 Å². The molecule has 0 aliphatic rings. The van der Waals surface area contributed by atoms with Crippen molar-refractivity contribution in [2.24, 2.45) is 0 Å². The lowest BCUT2D eigenvalue weighted by Crippen LogP contribution is -2.46. The van der Waals surface area contributed by atoms with Gasteiger partial charge >= 0.3 is 28.4 Å². The van der Waals surface area contributed by atoms with Crippen LogP contribution in [0.2, 0.25) is 0 Å². The Morgan fingerprint density at radius 1 is 0.679 bits per heavy atom. The molecule has 4 aromatic rings. The molecule has 2 heterocycles. The second-order valence-electron chi connectivity index (χ2n) is 5.57. The summed E-state index contributed by atoms with van der Waals surface area (Å²) in [6.45, 7) is 0. The first-order chi connectivity index (χ1) is 13.5. The van der Waals surface area contributed by atoms with E-state index in [9.17, 15) is 24.0 Å². The molecule has 2 aromatic heterocycles. The fraction of sp³-hybridized carbons (Fsp3) is 0. The van der Waals surface area contributed by atoms with E-state index >= 15 is 0 Å². The van der Waals surface area contributed by atoms with Crippen molar-refractivity contribution in [3.63, 3.8) is 0 Å². The Labute approximate surface area is 152 Å². The van der Waals surface area contributed by atoms with Crippen molar-refractivity contribution in [3.8, 4) is 0 Å². The smallest absolute Gasteiger partial charge is 0.316 e. The molecule has 0 amide bonds. The number of benzene rings is 2. The van der Waals surface area contributed by atoms with E-state index in [4.69, 9.17) is 9.68 Å². The van der Waals surface area contributed by atoms with Gasteiger partial charge in [0.25, 0.3) is 0 Å². The zero-order chi connectivity index (χ0) is 19.8. The topological polar surface area (TPSA) is 145 Å². The van der Waals surface area contributed by atoms with E-state index in [1.54, 1.807) is 24.3 Å². The summed E-state index contributed by atoms with van der Waals surface area (Å²) < 4.78 is 0.883.